The average Bonchev–Trinajstić information content (AvgIpc) is 3.47. The number of hydrogen-bond donors (Lipinski definition) is 4. The summed E-state index contributed by atoms with van der Waals surface area (Å²) in [6.45, 7) is 5.70. The van der Waals surface area contributed by atoms with Crippen LogP contribution in [0.5, 0.6) is 11.5 Å². The van der Waals surface area contributed by atoms with Crippen molar-refractivity contribution in [3.8, 4) is 11.5 Å². The Labute approximate surface area is 172 Å². The number of rotatable bonds is 11. The molecule has 4 N–H and O–H groups in total. The highest BCUT2D eigenvalue weighted by Crippen LogP contribution is 2.48. The first-order valence-corrected chi connectivity index (χ1v) is 10.1. The van der Waals surface area contributed by atoms with Crippen LogP contribution in [0.25, 0.3) is 0 Å². The summed E-state index contributed by atoms with van der Waals surface area (Å²) in [6.07, 6.45) is 5.81. The second-order valence-electron chi connectivity index (χ2n) is 7.64. The molecule has 0 heterocycles. The van der Waals surface area contributed by atoms with Gasteiger partial charge in [-0.2, -0.15) is 0 Å². The molecule has 0 bridgehead atoms. The van der Waals surface area contributed by atoms with Crippen molar-refractivity contribution < 1.29 is 10.2 Å². The number of phenols is 2. The lowest BCUT2D eigenvalue weighted by atomic mass is 9.97. The lowest BCUT2D eigenvalue weighted by Crippen LogP contribution is -2.32. The Hall–Kier alpha value is -2.70. The van der Waals surface area contributed by atoms with Crippen molar-refractivity contribution in [3.05, 3.63) is 59.2 Å². The highest BCUT2D eigenvalue weighted by molar-refractivity contribution is 5.84. The smallest absolute Gasteiger partial charge is 0.124 e. The maximum Gasteiger partial charge on any atom is 0.124 e. The molecule has 0 atom stereocenters. The van der Waals surface area contributed by atoms with E-state index in [-0.39, 0.29) is 11.2 Å². The van der Waals surface area contributed by atoms with Crippen LogP contribution < -0.4 is 10.6 Å². The minimum Gasteiger partial charge on any atom is -0.507 e. The fraction of sp³-hybridized carbons (Fsp3) is 0.391. The summed E-state index contributed by atoms with van der Waals surface area (Å²) in [6, 6.07) is 13.1. The zero-order valence-electron chi connectivity index (χ0n) is 16.9. The van der Waals surface area contributed by atoms with Gasteiger partial charge in [0.25, 0.3) is 0 Å². The standard InChI is InChI=1S/C23H30N4O2/c1-23(8-9-23)20-7-6-19(22(29)14-20)16-25-11-13-27-17-26-12-10-24-15-18-4-2-3-5-21(18)28/h2-7,14-16,26-29H,8-13,17H2,1H3. The van der Waals surface area contributed by atoms with Gasteiger partial charge in [0.15, 0.2) is 0 Å². The highest BCUT2D eigenvalue weighted by atomic mass is 16.3. The van der Waals surface area contributed by atoms with Crippen LogP contribution in [0.3, 0.4) is 0 Å². The predicted molar refractivity (Wildman–Crippen MR) is 119 cm³/mol. The molecule has 29 heavy (non-hydrogen) atoms. The number of hydrogen-bond acceptors (Lipinski definition) is 6. The van der Waals surface area contributed by atoms with Crippen molar-refractivity contribution in [2.45, 2.75) is 25.2 Å². The van der Waals surface area contributed by atoms with Crippen LogP contribution in [0.15, 0.2) is 52.4 Å². The predicted octanol–water partition coefficient (Wildman–Crippen LogP) is 2.82. The molecule has 0 spiro atoms. The van der Waals surface area contributed by atoms with E-state index in [1.54, 1.807) is 24.6 Å². The lowest BCUT2D eigenvalue weighted by molar-refractivity contribution is 0.472. The Bertz CT molecular complexity index is 860. The van der Waals surface area contributed by atoms with E-state index in [4.69, 9.17) is 0 Å². The molecular formula is C23H30N4O2. The molecule has 3 rings (SSSR count). The molecule has 1 fully saturated rings. The molecule has 6 nitrogen and oxygen atoms in total. The quantitative estimate of drug-likeness (QED) is 0.268. The minimum atomic E-state index is 0.243. The van der Waals surface area contributed by atoms with Gasteiger partial charge in [0, 0.05) is 43.3 Å². The molecule has 0 amide bonds. The summed E-state index contributed by atoms with van der Waals surface area (Å²) in [5.74, 6) is 0.547. The first-order chi connectivity index (χ1) is 14.1. The SMILES string of the molecule is CC1(c2ccc(C=NCCNCNCCN=Cc3ccccc3O)c(O)c2)CC1. The normalized spacial score (nSPS) is 15.3. The van der Waals surface area contributed by atoms with Crippen LogP contribution in [0.2, 0.25) is 0 Å². The monoisotopic (exact) mass is 394 g/mol. The second kappa shape index (κ2) is 10.2. The number of aromatic hydroxyl groups is 2. The molecule has 154 valence electrons. The van der Waals surface area contributed by atoms with Crippen molar-refractivity contribution in [3.63, 3.8) is 0 Å². The van der Waals surface area contributed by atoms with Crippen LogP contribution in [0, 0.1) is 0 Å². The Morgan fingerprint density at radius 3 is 2.10 bits per heavy atom. The van der Waals surface area contributed by atoms with Crippen LogP contribution in [-0.2, 0) is 5.41 Å². The zero-order chi connectivity index (χ0) is 20.5. The van der Waals surface area contributed by atoms with Crippen LogP contribution in [-0.4, -0.2) is 55.5 Å². The van der Waals surface area contributed by atoms with Gasteiger partial charge in [-0.25, -0.2) is 0 Å². The first-order valence-electron chi connectivity index (χ1n) is 10.1. The third kappa shape index (κ3) is 6.41. The van der Waals surface area contributed by atoms with E-state index in [0.29, 0.717) is 25.5 Å². The zero-order valence-corrected chi connectivity index (χ0v) is 16.9. The average molecular weight is 395 g/mol. The Kier molecular flexibility index (Phi) is 7.38. The minimum absolute atomic E-state index is 0.243. The van der Waals surface area contributed by atoms with Crippen molar-refractivity contribution in [2.75, 3.05) is 32.8 Å². The molecule has 0 aromatic heterocycles. The topological polar surface area (TPSA) is 89.2 Å². The van der Waals surface area contributed by atoms with Crippen LogP contribution >= 0.6 is 0 Å². The number of nitrogens with zero attached hydrogens (tertiary/aromatic N) is 2. The van der Waals surface area contributed by atoms with Gasteiger partial charge in [0.2, 0.25) is 0 Å². The van der Waals surface area contributed by atoms with Crippen molar-refractivity contribution in [1.82, 2.24) is 10.6 Å². The van der Waals surface area contributed by atoms with Crippen molar-refractivity contribution in [2.24, 2.45) is 9.98 Å². The van der Waals surface area contributed by atoms with E-state index in [0.717, 1.165) is 24.2 Å². The highest BCUT2D eigenvalue weighted by Gasteiger charge is 2.39. The number of phenolic OH excluding ortho intramolecular Hbond substituents is 2. The molecule has 1 aliphatic carbocycles. The van der Waals surface area contributed by atoms with E-state index in [9.17, 15) is 10.2 Å². The molecule has 0 saturated heterocycles. The summed E-state index contributed by atoms with van der Waals surface area (Å²) < 4.78 is 0. The fourth-order valence-corrected chi connectivity index (χ4v) is 2.98. The molecule has 6 heteroatoms. The fourth-order valence-electron chi connectivity index (χ4n) is 2.98. The molecule has 0 radical (unpaired) electrons. The van der Waals surface area contributed by atoms with E-state index in [1.165, 1.54) is 18.4 Å². The van der Waals surface area contributed by atoms with Gasteiger partial charge in [-0.3, -0.25) is 9.98 Å². The first kappa shape index (κ1) is 21.0. The third-order valence-corrected chi connectivity index (χ3v) is 5.21. The second-order valence-corrected chi connectivity index (χ2v) is 7.64. The molecule has 2 aromatic rings. The van der Waals surface area contributed by atoms with Crippen molar-refractivity contribution >= 4 is 12.4 Å². The Morgan fingerprint density at radius 1 is 0.897 bits per heavy atom. The summed E-state index contributed by atoms with van der Waals surface area (Å²) in [4.78, 5) is 8.67. The van der Waals surface area contributed by atoms with Gasteiger partial charge in [-0.15, -0.1) is 0 Å². The number of benzene rings is 2. The number of aliphatic imine (C=N–C) groups is 2. The van der Waals surface area contributed by atoms with Gasteiger partial charge in [-0.1, -0.05) is 25.1 Å². The van der Waals surface area contributed by atoms with Gasteiger partial charge in [-0.05, 0) is 48.1 Å². The van der Waals surface area contributed by atoms with Gasteiger partial charge < -0.3 is 20.8 Å². The summed E-state index contributed by atoms with van der Waals surface area (Å²) in [5, 5.41) is 26.3. The number of para-hydroxylation sites is 1. The van der Waals surface area contributed by atoms with Crippen LogP contribution in [0.1, 0.15) is 36.5 Å². The van der Waals surface area contributed by atoms with E-state index >= 15 is 0 Å². The lowest BCUT2D eigenvalue weighted by Gasteiger charge is -2.10. The van der Waals surface area contributed by atoms with E-state index < -0.39 is 0 Å². The van der Waals surface area contributed by atoms with Gasteiger partial charge >= 0.3 is 0 Å². The summed E-state index contributed by atoms with van der Waals surface area (Å²) >= 11 is 0. The van der Waals surface area contributed by atoms with E-state index in [2.05, 4.69) is 33.6 Å². The maximum atomic E-state index is 10.2. The molecule has 0 unspecified atom stereocenters. The molecule has 0 aliphatic heterocycles. The van der Waals surface area contributed by atoms with Gasteiger partial charge in [0.1, 0.15) is 11.5 Å². The third-order valence-electron chi connectivity index (χ3n) is 5.21. The molecule has 1 aliphatic rings. The Morgan fingerprint density at radius 2 is 1.52 bits per heavy atom. The molecule has 2 aromatic carbocycles. The van der Waals surface area contributed by atoms with Crippen molar-refractivity contribution in [1.29, 1.82) is 0 Å². The van der Waals surface area contributed by atoms with E-state index in [1.807, 2.05) is 24.3 Å². The summed E-state index contributed by atoms with van der Waals surface area (Å²) in [7, 11) is 0. The Balaban J connectivity index is 1.25. The largest absolute Gasteiger partial charge is 0.507 e. The van der Waals surface area contributed by atoms with Gasteiger partial charge in [0.05, 0.1) is 13.1 Å². The maximum absolute atomic E-state index is 10.2. The van der Waals surface area contributed by atoms with Crippen LogP contribution in [0.4, 0.5) is 0 Å². The summed E-state index contributed by atoms with van der Waals surface area (Å²) in [5.41, 5.74) is 2.97. The molecular weight excluding hydrogens is 364 g/mol. The molecule has 1 saturated carbocycles. The number of nitrogens with one attached hydrogen (secondary N) is 2.